The number of rotatable bonds is 1. The minimum Gasteiger partial charge on any atom is -0.418 e. The first-order valence-electron chi connectivity index (χ1n) is 2.68. The maximum absolute atomic E-state index is 10.6. The van der Waals surface area contributed by atoms with Crippen molar-refractivity contribution in [2.24, 2.45) is 0 Å². The van der Waals surface area contributed by atoms with Crippen LogP contribution < -0.4 is 0 Å². The van der Waals surface area contributed by atoms with E-state index in [-0.39, 0.29) is 12.4 Å². The van der Waals surface area contributed by atoms with Crippen molar-refractivity contribution in [3.8, 4) is 0 Å². The molecule has 0 saturated carbocycles. The van der Waals surface area contributed by atoms with Gasteiger partial charge in [0.05, 0.1) is 6.54 Å². The number of nitrogens with zero attached hydrogens (tertiary/aromatic N) is 1. The molecule has 1 atom stereocenters. The van der Waals surface area contributed by atoms with Crippen LogP contribution in [0.25, 0.3) is 0 Å². The molecule has 0 aromatic heterocycles. The molecular formula is C5H9NO3. The molecule has 4 heteroatoms. The third-order valence-corrected chi connectivity index (χ3v) is 1.23. The van der Waals surface area contributed by atoms with Gasteiger partial charge in [-0.1, -0.05) is 0 Å². The van der Waals surface area contributed by atoms with Gasteiger partial charge >= 0.3 is 6.09 Å². The zero-order chi connectivity index (χ0) is 6.85. The summed E-state index contributed by atoms with van der Waals surface area (Å²) in [5.41, 5.74) is 0. The van der Waals surface area contributed by atoms with Gasteiger partial charge in [0.25, 0.3) is 0 Å². The number of hydrogen-bond acceptors (Lipinski definition) is 3. The second-order valence-electron chi connectivity index (χ2n) is 1.93. The van der Waals surface area contributed by atoms with E-state index in [9.17, 15) is 4.79 Å². The number of ether oxygens (including phenoxy) is 2. The van der Waals surface area contributed by atoms with Gasteiger partial charge in [-0.3, -0.25) is 0 Å². The average Bonchev–Trinajstić information content (AvgIpc) is 2.13. The van der Waals surface area contributed by atoms with Gasteiger partial charge in [-0.2, -0.15) is 0 Å². The van der Waals surface area contributed by atoms with E-state index in [0.717, 1.165) is 0 Å². The van der Waals surface area contributed by atoms with Crippen LogP contribution in [0, 0.1) is 0 Å². The van der Waals surface area contributed by atoms with Crippen LogP contribution in [-0.2, 0) is 9.47 Å². The van der Waals surface area contributed by atoms with E-state index in [1.807, 2.05) is 0 Å². The maximum Gasteiger partial charge on any atom is 0.412 e. The first-order valence-corrected chi connectivity index (χ1v) is 2.68. The molecule has 52 valence electrons. The Kier molecular flexibility index (Phi) is 1.57. The van der Waals surface area contributed by atoms with Crippen molar-refractivity contribution in [3.63, 3.8) is 0 Å². The molecule has 0 aromatic carbocycles. The standard InChI is InChI=1S/C5H9NO3/c1-6-3-4(8-2)9-5(6)7/h4H,3H2,1-2H3. The Morgan fingerprint density at radius 2 is 2.56 bits per heavy atom. The summed E-state index contributed by atoms with van der Waals surface area (Å²) >= 11 is 0. The minimum atomic E-state index is -0.373. The molecule has 1 amide bonds. The normalized spacial score (nSPS) is 26.7. The largest absolute Gasteiger partial charge is 0.418 e. The van der Waals surface area contributed by atoms with Gasteiger partial charge in [0.2, 0.25) is 6.29 Å². The van der Waals surface area contributed by atoms with Gasteiger partial charge in [0, 0.05) is 14.2 Å². The van der Waals surface area contributed by atoms with Crippen LogP contribution in [0.2, 0.25) is 0 Å². The van der Waals surface area contributed by atoms with Gasteiger partial charge in [0.1, 0.15) is 0 Å². The second-order valence-corrected chi connectivity index (χ2v) is 1.93. The average molecular weight is 131 g/mol. The Morgan fingerprint density at radius 3 is 2.78 bits per heavy atom. The first-order chi connectivity index (χ1) is 4.24. The van der Waals surface area contributed by atoms with Crippen LogP contribution in [0.3, 0.4) is 0 Å². The molecule has 0 spiro atoms. The SMILES string of the molecule is COC1CN(C)C(=O)O1. The predicted octanol–water partition coefficient (Wildman–Crippen LogP) is 0.0409. The molecule has 4 nitrogen and oxygen atoms in total. The number of carbonyl (C=O) groups is 1. The smallest absolute Gasteiger partial charge is 0.412 e. The summed E-state index contributed by atoms with van der Waals surface area (Å²) in [5, 5.41) is 0. The molecule has 0 aliphatic carbocycles. The van der Waals surface area contributed by atoms with Crippen molar-refractivity contribution in [3.05, 3.63) is 0 Å². The molecule has 1 unspecified atom stereocenters. The summed E-state index contributed by atoms with van der Waals surface area (Å²) in [6, 6.07) is 0. The summed E-state index contributed by atoms with van der Waals surface area (Å²) < 4.78 is 9.45. The van der Waals surface area contributed by atoms with Crippen molar-refractivity contribution in [2.45, 2.75) is 6.29 Å². The van der Waals surface area contributed by atoms with Gasteiger partial charge in [-0.05, 0) is 0 Å². The Labute approximate surface area is 53.3 Å². The Hall–Kier alpha value is -0.770. The predicted molar refractivity (Wildman–Crippen MR) is 29.9 cm³/mol. The summed E-state index contributed by atoms with van der Waals surface area (Å²) in [6.45, 7) is 0.523. The van der Waals surface area contributed by atoms with Crippen molar-refractivity contribution in [2.75, 3.05) is 20.7 Å². The van der Waals surface area contributed by atoms with Crippen LogP contribution >= 0.6 is 0 Å². The molecule has 1 saturated heterocycles. The van der Waals surface area contributed by atoms with Gasteiger partial charge < -0.3 is 14.4 Å². The molecule has 0 aromatic rings. The highest BCUT2D eigenvalue weighted by Crippen LogP contribution is 2.07. The zero-order valence-electron chi connectivity index (χ0n) is 5.46. The van der Waals surface area contributed by atoms with Crippen LogP contribution in [0.5, 0.6) is 0 Å². The lowest BCUT2D eigenvalue weighted by Crippen LogP contribution is -2.19. The number of carbonyl (C=O) groups excluding carboxylic acids is 1. The minimum absolute atomic E-state index is 0.318. The van der Waals surface area contributed by atoms with Crippen LogP contribution in [0.15, 0.2) is 0 Å². The molecule has 1 aliphatic heterocycles. The molecule has 0 radical (unpaired) electrons. The lowest BCUT2D eigenvalue weighted by atomic mass is 10.6. The van der Waals surface area contributed by atoms with Gasteiger partial charge in [-0.25, -0.2) is 4.79 Å². The number of methoxy groups -OCH3 is 1. The fourth-order valence-corrected chi connectivity index (χ4v) is 0.660. The number of hydrogen-bond donors (Lipinski definition) is 0. The Balaban J connectivity index is 2.44. The van der Waals surface area contributed by atoms with E-state index in [2.05, 4.69) is 4.74 Å². The monoisotopic (exact) mass is 131 g/mol. The quantitative estimate of drug-likeness (QED) is 0.504. The molecule has 9 heavy (non-hydrogen) atoms. The molecule has 1 fully saturated rings. The first kappa shape index (κ1) is 6.35. The fourth-order valence-electron chi connectivity index (χ4n) is 0.660. The lowest BCUT2D eigenvalue weighted by molar-refractivity contribution is -0.0494. The van der Waals surface area contributed by atoms with E-state index < -0.39 is 0 Å². The highest BCUT2D eigenvalue weighted by atomic mass is 16.7. The van der Waals surface area contributed by atoms with Crippen molar-refractivity contribution < 1.29 is 14.3 Å². The Bertz CT molecular complexity index is 125. The molecule has 0 bridgehead atoms. The summed E-state index contributed by atoms with van der Waals surface area (Å²) in [6.07, 6.45) is -0.690. The third-order valence-electron chi connectivity index (χ3n) is 1.23. The van der Waals surface area contributed by atoms with E-state index in [1.165, 1.54) is 12.0 Å². The van der Waals surface area contributed by atoms with Crippen molar-refractivity contribution in [1.29, 1.82) is 0 Å². The van der Waals surface area contributed by atoms with E-state index >= 15 is 0 Å². The van der Waals surface area contributed by atoms with Crippen LogP contribution in [0.4, 0.5) is 4.79 Å². The molecule has 1 rings (SSSR count). The summed E-state index contributed by atoms with van der Waals surface area (Å²) in [5.74, 6) is 0. The number of amides is 1. The summed E-state index contributed by atoms with van der Waals surface area (Å²) in [7, 11) is 3.18. The molecule has 1 aliphatic rings. The maximum atomic E-state index is 10.6. The van der Waals surface area contributed by atoms with E-state index in [0.29, 0.717) is 6.54 Å². The third kappa shape index (κ3) is 1.13. The molecule has 1 heterocycles. The van der Waals surface area contributed by atoms with Crippen molar-refractivity contribution >= 4 is 6.09 Å². The van der Waals surface area contributed by atoms with E-state index in [4.69, 9.17) is 4.74 Å². The number of cyclic esters (lactones) is 1. The van der Waals surface area contributed by atoms with Crippen molar-refractivity contribution in [1.82, 2.24) is 4.90 Å². The highest BCUT2D eigenvalue weighted by molar-refractivity contribution is 5.69. The second kappa shape index (κ2) is 2.23. The number of likely N-dealkylation sites (N-methyl/N-ethyl adjacent to an activating group) is 1. The summed E-state index contributed by atoms with van der Waals surface area (Å²) in [4.78, 5) is 12.0. The fraction of sp³-hybridized carbons (Fsp3) is 0.800. The van der Waals surface area contributed by atoms with Gasteiger partial charge in [-0.15, -0.1) is 0 Å². The van der Waals surface area contributed by atoms with E-state index in [1.54, 1.807) is 7.05 Å². The zero-order valence-corrected chi connectivity index (χ0v) is 5.46. The lowest BCUT2D eigenvalue weighted by Gasteiger charge is -2.02. The molecule has 0 N–H and O–H groups in total. The van der Waals surface area contributed by atoms with Gasteiger partial charge in [0.15, 0.2) is 0 Å². The molecular weight excluding hydrogens is 122 g/mol. The topological polar surface area (TPSA) is 38.8 Å². The Morgan fingerprint density at radius 1 is 1.89 bits per heavy atom. The highest BCUT2D eigenvalue weighted by Gasteiger charge is 2.27. The van der Waals surface area contributed by atoms with Crippen LogP contribution in [0.1, 0.15) is 0 Å². The van der Waals surface area contributed by atoms with Crippen LogP contribution in [-0.4, -0.2) is 38.0 Å².